The van der Waals surface area contributed by atoms with Crippen LogP contribution in [0, 0.1) is 0 Å². The molecule has 0 fully saturated rings. The number of amides is 1. The van der Waals surface area contributed by atoms with Crippen LogP contribution in [0.15, 0.2) is 23.4 Å². The van der Waals surface area contributed by atoms with Crippen molar-refractivity contribution >= 4 is 29.1 Å². The van der Waals surface area contributed by atoms with Crippen LogP contribution in [-0.2, 0) is 4.74 Å². The number of nitrogens with zero attached hydrogens (tertiary/aromatic N) is 2. The average molecular weight is 283 g/mol. The smallest absolute Gasteiger partial charge is 0.414 e. The molecule has 19 heavy (non-hydrogen) atoms. The van der Waals surface area contributed by atoms with Gasteiger partial charge >= 0.3 is 6.09 Å². The molecule has 1 aliphatic heterocycles. The van der Waals surface area contributed by atoms with E-state index >= 15 is 0 Å². The molecule has 0 aliphatic carbocycles. The molecule has 0 saturated carbocycles. The summed E-state index contributed by atoms with van der Waals surface area (Å²) in [7, 11) is 0. The number of carbonyl (C=O) groups is 1. The van der Waals surface area contributed by atoms with E-state index in [0.717, 1.165) is 0 Å². The molecule has 2 rings (SSSR count). The fourth-order valence-corrected chi connectivity index (χ4v) is 2.18. The Labute approximate surface area is 116 Å². The van der Waals surface area contributed by atoms with Gasteiger partial charge in [0.05, 0.1) is 17.5 Å². The summed E-state index contributed by atoms with van der Waals surface area (Å²) in [6.07, 6.45) is -0.136. The van der Waals surface area contributed by atoms with E-state index in [4.69, 9.17) is 21.5 Å². The number of anilines is 1. The SMILES string of the molecule is CC(C)OC(=O)N1CC/C(=N/O)c2cc(Cl)ccc21. The minimum absolute atomic E-state index is 0.184. The minimum atomic E-state index is -0.407. The maximum absolute atomic E-state index is 12.0. The standard InChI is InChI=1S/C13H15ClN2O3/c1-8(2)19-13(17)16-6-5-11(15-18)10-7-9(14)3-4-12(10)16/h3-4,7-8,18H,5-6H2,1-2H3/b15-11-. The number of oxime groups is 1. The molecule has 0 radical (unpaired) electrons. The van der Waals surface area contributed by atoms with E-state index in [-0.39, 0.29) is 6.10 Å². The van der Waals surface area contributed by atoms with Crippen LogP contribution in [-0.4, -0.2) is 29.7 Å². The second-order valence-corrected chi connectivity index (χ2v) is 4.98. The number of hydrogen-bond acceptors (Lipinski definition) is 4. The summed E-state index contributed by atoms with van der Waals surface area (Å²) in [5, 5.41) is 12.8. The third kappa shape index (κ3) is 2.81. The first-order chi connectivity index (χ1) is 9.02. The summed E-state index contributed by atoms with van der Waals surface area (Å²) in [6.45, 7) is 4.01. The molecule has 0 aromatic heterocycles. The first kappa shape index (κ1) is 13.7. The van der Waals surface area contributed by atoms with Crippen LogP contribution in [0.3, 0.4) is 0 Å². The van der Waals surface area contributed by atoms with Crippen molar-refractivity contribution in [3.05, 3.63) is 28.8 Å². The average Bonchev–Trinajstić information content (AvgIpc) is 2.36. The molecule has 0 atom stereocenters. The van der Waals surface area contributed by atoms with Crippen molar-refractivity contribution in [2.24, 2.45) is 5.16 Å². The van der Waals surface area contributed by atoms with E-state index in [9.17, 15) is 4.79 Å². The molecule has 102 valence electrons. The minimum Gasteiger partial charge on any atom is -0.446 e. The Morgan fingerprint density at radius 3 is 2.89 bits per heavy atom. The van der Waals surface area contributed by atoms with Gasteiger partial charge in [0.15, 0.2) is 0 Å². The molecule has 1 aliphatic rings. The number of rotatable bonds is 1. The van der Waals surface area contributed by atoms with E-state index in [0.29, 0.717) is 35.0 Å². The lowest BCUT2D eigenvalue weighted by Crippen LogP contribution is -2.39. The van der Waals surface area contributed by atoms with Crippen molar-refractivity contribution < 1.29 is 14.7 Å². The zero-order chi connectivity index (χ0) is 14.0. The highest BCUT2D eigenvalue weighted by Gasteiger charge is 2.28. The number of carbonyl (C=O) groups excluding carboxylic acids is 1. The van der Waals surface area contributed by atoms with E-state index in [2.05, 4.69) is 5.16 Å². The maximum atomic E-state index is 12.0. The molecule has 1 aromatic carbocycles. The molecule has 0 saturated heterocycles. The number of halogens is 1. The molecule has 0 spiro atoms. The van der Waals surface area contributed by atoms with Crippen molar-refractivity contribution in [3.8, 4) is 0 Å². The van der Waals surface area contributed by atoms with Crippen molar-refractivity contribution in [1.29, 1.82) is 0 Å². The van der Waals surface area contributed by atoms with Gasteiger partial charge in [-0.25, -0.2) is 4.79 Å². The van der Waals surface area contributed by atoms with E-state index in [1.165, 1.54) is 4.90 Å². The summed E-state index contributed by atoms with van der Waals surface area (Å²) in [5.41, 5.74) is 1.82. The lowest BCUT2D eigenvalue weighted by molar-refractivity contribution is 0.122. The van der Waals surface area contributed by atoms with Crippen LogP contribution in [0.1, 0.15) is 25.8 Å². The van der Waals surface area contributed by atoms with Gasteiger partial charge in [-0.2, -0.15) is 0 Å². The molecule has 6 heteroatoms. The topological polar surface area (TPSA) is 62.1 Å². The Hall–Kier alpha value is -1.75. The van der Waals surface area contributed by atoms with Crippen molar-refractivity contribution in [1.82, 2.24) is 0 Å². The van der Waals surface area contributed by atoms with Crippen LogP contribution in [0.4, 0.5) is 10.5 Å². The second-order valence-electron chi connectivity index (χ2n) is 4.54. The highest BCUT2D eigenvalue weighted by Crippen LogP contribution is 2.30. The highest BCUT2D eigenvalue weighted by molar-refractivity contribution is 6.31. The summed E-state index contributed by atoms with van der Waals surface area (Å²) in [4.78, 5) is 13.5. The number of ether oxygens (including phenoxy) is 1. The fourth-order valence-electron chi connectivity index (χ4n) is 2.01. The van der Waals surface area contributed by atoms with Crippen LogP contribution in [0.25, 0.3) is 0 Å². The Kier molecular flexibility index (Phi) is 3.95. The summed E-state index contributed by atoms with van der Waals surface area (Å²) < 4.78 is 5.20. The predicted octanol–water partition coefficient (Wildman–Crippen LogP) is 3.27. The second kappa shape index (κ2) is 5.48. The molecular formula is C13H15ClN2O3. The van der Waals surface area contributed by atoms with Crippen molar-refractivity contribution in [2.45, 2.75) is 26.4 Å². The van der Waals surface area contributed by atoms with Gasteiger partial charge in [-0.1, -0.05) is 16.8 Å². The zero-order valence-electron chi connectivity index (χ0n) is 10.8. The van der Waals surface area contributed by atoms with Crippen LogP contribution < -0.4 is 4.90 Å². The molecule has 0 bridgehead atoms. The first-order valence-corrected chi connectivity index (χ1v) is 6.39. The van der Waals surface area contributed by atoms with Gasteiger partial charge in [-0.15, -0.1) is 0 Å². The number of benzene rings is 1. The lowest BCUT2D eigenvalue weighted by Gasteiger charge is -2.29. The Morgan fingerprint density at radius 1 is 1.53 bits per heavy atom. The Bertz CT molecular complexity index is 529. The summed E-state index contributed by atoms with van der Waals surface area (Å²) in [5.74, 6) is 0. The quantitative estimate of drug-likeness (QED) is 0.635. The van der Waals surface area contributed by atoms with Gasteiger partial charge in [-0.3, -0.25) is 4.90 Å². The van der Waals surface area contributed by atoms with Gasteiger partial charge in [0, 0.05) is 23.6 Å². The van der Waals surface area contributed by atoms with Gasteiger partial charge in [0.25, 0.3) is 0 Å². The zero-order valence-corrected chi connectivity index (χ0v) is 11.5. The normalized spacial score (nSPS) is 16.6. The van der Waals surface area contributed by atoms with Crippen molar-refractivity contribution in [3.63, 3.8) is 0 Å². The van der Waals surface area contributed by atoms with Crippen LogP contribution in [0.2, 0.25) is 5.02 Å². The van der Waals surface area contributed by atoms with Crippen molar-refractivity contribution in [2.75, 3.05) is 11.4 Å². The Balaban J connectivity index is 2.39. The van der Waals surface area contributed by atoms with E-state index in [1.807, 2.05) is 0 Å². The molecule has 5 nitrogen and oxygen atoms in total. The van der Waals surface area contributed by atoms with Gasteiger partial charge < -0.3 is 9.94 Å². The molecule has 1 heterocycles. The van der Waals surface area contributed by atoms with Gasteiger partial charge in [0.1, 0.15) is 0 Å². The lowest BCUT2D eigenvalue weighted by atomic mass is 10.00. The maximum Gasteiger partial charge on any atom is 0.414 e. The molecule has 1 aromatic rings. The molecule has 0 unspecified atom stereocenters. The summed E-state index contributed by atoms with van der Waals surface area (Å²) >= 11 is 5.94. The largest absolute Gasteiger partial charge is 0.446 e. The monoisotopic (exact) mass is 282 g/mol. The molecular weight excluding hydrogens is 268 g/mol. The molecule has 1 amide bonds. The third-order valence-corrected chi connectivity index (χ3v) is 3.05. The van der Waals surface area contributed by atoms with E-state index < -0.39 is 6.09 Å². The third-order valence-electron chi connectivity index (χ3n) is 2.81. The number of fused-ring (bicyclic) bond motifs is 1. The molecule has 1 N–H and O–H groups in total. The summed E-state index contributed by atoms with van der Waals surface area (Å²) in [6, 6.07) is 5.10. The number of hydrogen-bond donors (Lipinski definition) is 1. The van der Waals surface area contributed by atoms with Gasteiger partial charge in [-0.05, 0) is 32.0 Å². The Morgan fingerprint density at radius 2 is 2.26 bits per heavy atom. The highest BCUT2D eigenvalue weighted by atomic mass is 35.5. The van der Waals surface area contributed by atoms with Crippen LogP contribution in [0.5, 0.6) is 0 Å². The van der Waals surface area contributed by atoms with Gasteiger partial charge in [0.2, 0.25) is 0 Å². The first-order valence-electron chi connectivity index (χ1n) is 6.02. The predicted molar refractivity (Wildman–Crippen MR) is 73.4 cm³/mol. The van der Waals surface area contributed by atoms with Crippen LogP contribution >= 0.6 is 11.6 Å². The fraction of sp³-hybridized carbons (Fsp3) is 0.385. The van der Waals surface area contributed by atoms with E-state index in [1.54, 1.807) is 32.0 Å².